The maximum Gasteiger partial charge on any atom is 0.196 e. The number of anilines is 1. The second kappa shape index (κ2) is 4.51. The minimum atomic E-state index is -0.215. The van der Waals surface area contributed by atoms with E-state index in [-0.39, 0.29) is 5.78 Å². The SMILES string of the molecule is O=C(c1ccccc1)c1cnc2[nH]ncc2c1NO. The molecule has 0 aliphatic carbocycles. The average molecular weight is 254 g/mol. The number of benzene rings is 1. The molecule has 0 unspecified atom stereocenters. The van der Waals surface area contributed by atoms with Gasteiger partial charge in [0.25, 0.3) is 0 Å². The quantitative estimate of drug-likeness (QED) is 0.491. The summed E-state index contributed by atoms with van der Waals surface area (Å²) in [6, 6.07) is 8.82. The van der Waals surface area contributed by atoms with E-state index in [0.717, 1.165) is 0 Å². The van der Waals surface area contributed by atoms with Crippen LogP contribution in [0.2, 0.25) is 0 Å². The molecule has 0 spiro atoms. The zero-order chi connectivity index (χ0) is 13.2. The highest BCUT2D eigenvalue weighted by Crippen LogP contribution is 2.25. The minimum absolute atomic E-state index is 0.215. The van der Waals surface area contributed by atoms with E-state index in [1.54, 1.807) is 24.3 Å². The van der Waals surface area contributed by atoms with Crippen LogP contribution in [0.1, 0.15) is 15.9 Å². The van der Waals surface area contributed by atoms with Gasteiger partial charge in [-0.25, -0.2) is 4.98 Å². The molecule has 0 atom stereocenters. The third kappa shape index (κ3) is 1.84. The summed E-state index contributed by atoms with van der Waals surface area (Å²) in [7, 11) is 0. The molecule has 94 valence electrons. The van der Waals surface area contributed by atoms with Gasteiger partial charge in [0.2, 0.25) is 0 Å². The standard InChI is InChI=1S/C13H10N4O2/c18-12(8-4-2-1-3-5-8)9-6-14-13-10(7-15-16-13)11(9)17-19/h1-7,19H,(H2,14,15,16,17). The fourth-order valence-corrected chi connectivity index (χ4v) is 1.94. The largest absolute Gasteiger partial charge is 0.291 e. The molecule has 0 fully saturated rings. The number of carbonyl (C=O) groups excluding carboxylic acids is 1. The summed E-state index contributed by atoms with van der Waals surface area (Å²) in [5, 5.41) is 16.3. The lowest BCUT2D eigenvalue weighted by atomic mass is 10.0. The van der Waals surface area contributed by atoms with Crippen LogP contribution in [-0.4, -0.2) is 26.2 Å². The molecule has 19 heavy (non-hydrogen) atoms. The molecule has 0 saturated heterocycles. The number of fused-ring (bicyclic) bond motifs is 1. The Morgan fingerprint density at radius 1 is 1.21 bits per heavy atom. The lowest BCUT2D eigenvalue weighted by molar-refractivity contribution is 0.103. The van der Waals surface area contributed by atoms with Gasteiger partial charge in [-0.05, 0) is 0 Å². The second-order valence-electron chi connectivity index (χ2n) is 3.99. The first-order valence-electron chi connectivity index (χ1n) is 5.63. The average Bonchev–Trinajstić information content (AvgIpc) is 2.94. The Morgan fingerprint density at radius 2 is 2.00 bits per heavy atom. The molecule has 1 aromatic carbocycles. The Hall–Kier alpha value is -2.73. The lowest BCUT2D eigenvalue weighted by Gasteiger charge is -2.07. The number of rotatable bonds is 3. The summed E-state index contributed by atoms with van der Waals surface area (Å²) >= 11 is 0. The summed E-state index contributed by atoms with van der Waals surface area (Å²) in [5.74, 6) is -0.215. The number of carbonyl (C=O) groups is 1. The highest BCUT2D eigenvalue weighted by Gasteiger charge is 2.17. The van der Waals surface area contributed by atoms with Crippen LogP contribution in [0, 0.1) is 0 Å². The number of nitrogens with one attached hydrogen (secondary N) is 2. The zero-order valence-electron chi connectivity index (χ0n) is 9.79. The monoisotopic (exact) mass is 254 g/mol. The topological polar surface area (TPSA) is 90.9 Å². The Bertz CT molecular complexity index is 737. The maximum absolute atomic E-state index is 12.4. The summed E-state index contributed by atoms with van der Waals surface area (Å²) in [5.41, 5.74) is 3.68. The smallest absolute Gasteiger partial charge is 0.196 e. The number of aromatic amines is 1. The number of aromatic nitrogens is 3. The Kier molecular flexibility index (Phi) is 2.70. The molecule has 0 radical (unpaired) electrons. The molecule has 0 aliphatic rings. The van der Waals surface area contributed by atoms with Gasteiger partial charge >= 0.3 is 0 Å². The highest BCUT2D eigenvalue weighted by atomic mass is 16.5. The molecule has 2 heterocycles. The van der Waals surface area contributed by atoms with Crippen molar-refractivity contribution in [1.82, 2.24) is 15.2 Å². The van der Waals surface area contributed by atoms with Crippen LogP contribution < -0.4 is 5.48 Å². The number of nitrogens with zero attached hydrogens (tertiary/aromatic N) is 2. The molecule has 3 rings (SSSR count). The number of hydrogen-bond acceptors (Lipinski definition) is 5. The number of hydrogen-bond donors (Lipinski definition) is 3. The van der Waals surface area contributed by atoms with E-state index in [9.17, 15) is 10.0 Å². The molecule has 0 saturated carbocycles. The van der Waals surface area contributed by atoms with Crippen LogP contribution in [0.3, 0.4) is 0 Å². The van der Waals surface area contributed by atoms with Crippen molar-refractivity contribution >= 4 is 22.5 Å². The fraction of sp³-hybridized carbons (Fsp3) is 0. The second-order valence-corrected chi connectivity index (χ2v) is 3.99. The molecule has 0 bridgehead atoms. The van der Waals surface area contributed by atoms with Crippen molar-refractivity contribution in [3.05, 3.63) is 53.9 Å². The Balaban J connectivity index is 2.17. The zero-order valence-corrected chi connectivity index (χ0v) is 9.79. The summed E-state index contributed by atoms with van der Waals surface area (Å²) < 4.78 is 0. The predicted octanol–water partition coefficient (Wildman–Crippen LogP) is 1.99. The van der Waals surface area contributed by atoms with Crippen molar-refractivity contribution in [1.29, 1.82) is 0 Å². The number of ketones is 1. The first-order chi connectivity index (χ1) is 9.31. The van der Waals surface area contributed by atoms with Crippen molar-refractivity contribution in [2.45, 2.75) is 0 Å². The van der Waals surface area contributed by atoms with Crippen LogP contribution in [0.15, 0.2) is 42.7 Å². The van der Waals surface area contributed by atoms with Gasteiger partial charge in [0.15, 0.2) is 11.4 Å². The van der Waals surface area contributed by atoms with E-state index in [4.69, 9.17) is 0 Å². The van der Waals surface area contributed by atoms with Gasteiger partial charge in [0, 0.05) is 11.8 Å². The summed E-state index contributed by atoms with van der Waals surface area (Å²) in [6.07, 6.45) is 2.91. The molecule has 0 amide bonds. The maximum atomic E-state index is 12.4. The molecular weight excluding hydrogens is 244 g/mol. The van der Waals surface area contributed by atoms with Gasteiger partial charge in [-0.1, -0.05) is 30.3 Å². The van der Waals surface area contributed by atoms with E-state index in [2.05, 4.69) is 20.7 Å². The first-order valence-corrected chi connectivity index (χ1v) is 5.63. The van der Waals surface area contributed by atoms with E-state index in [0.29, 0.717) is 27.8 Å². The third-order valence-corrected chi connectivity index (χ3v) is 2.87. The minimum Gasteiger partial charge on any atom is -0.291 e. The Morgan fingerprint density at radius 3 is 2.74 bits per heavy atom. The van der Waals surface area contributed by atoms with Gasteiger partial charge in [-0.2, -0.15) is 5.10 Å². The van der Waals surface area contributed by atoms with Crippen molar-refractivity contribution in [3.8, 4) is 0 Å². The van der Waals surface area contributed by atoms with Crippen molar-refractivity contribution < 1.29 is 10.0 Å². The van der Waals surface area contributed by atoms with E-state index in [1.165, 1.54) is 12.4 Å². The van der Waals surface area contributed by atoms with Crippen LogP contribution >= 0.6 is 0 Å². The van der Waals surface area contributed by atoms with E-state index in [1.807, 2.05) is 6.07 Å². The van der Waals surface area contributed by atoms with Crippen molar-refractivity contribution in [3.63, 3.8) is 0 Å². The van der Waals surface area contributed by atoms with Crippen molar-refractivity contribution in [2.24, 2.45) is 0 Å². The highest BCUT2D eigenvalue weighted by molar-refractivity contribution is 6.15. The van der Waals surface area contributed by atoms with Gasteiger partial charge in [-0.3, -0.25) is 20.6 Å². The number of pyridine rings is 1. The lowest BCUT2D eigenvalue weighted by Crippen LogP contribution is -2.06. The van der Waals surface area contributed by atoms with Crippen LogP contribution in [0.4, 0.5) is 5.69 Å². The Labute approximate surface area is 108 Å². The molecule has 2 aromatic heterocycles. The molecule has 0 aliphatic heterocycles. The normalized spacial score (nSPS) is 10.6. The van der Waals surface area contributed by atoms with Gasteiger partial charge in [-0.15, -0.1) is 0 Å². The molecule has 3 aromatic rings. The van der Waals surface area contributed by atoms with E-state index >= 15 is 0 Å². The van der Waals surface area contributed by atoms with Crippen LogP contribution in [0.5, 0.6) is 0 Å². The van der Waals surface area contributed by atoms with Crippen molar-refractivity contribution in [2.75, 3.05) is 5.48 Å². The summed E-state index contributed by atoms with van der Waals surface area (Å²) in [4.78, 5) is 16.5. The number of H-pyrrole nitrogens is 1. The van der Waals surface area contributed by atoms with Crippen LogP contribution in [-0.2, 0) is 0 Å². The molecule has 6 heteroatoms. The predicted molar refractivity (Wildman–Crippen MR) is 69.2 cm³/mol. The third-order valence-electron chi connectivity index (χ3n) is 2.87. The van der Waals surface area contributed by atoms with Gasteiger partial charge < -0.3 is 0 Å². The van der Waals surface area contributed by atoms with E-state index < -0.39 is 0 Å². The van der Waals surface area contributed by atoms with Gasteiger partial charge in [0.05, 0.1) is 22.8 Å². The first kappa shape index (κ1) is 11.4. The molecular formula is C13H10N4O2. The van der Waals surface area contributed by atoms with Gasteiger partial charge in [0.1, 0.15) is 0 Å². The molecule has 3 N–H and O–H groups in total. The fourth-order valence-electron chi connectivity index (χ4n) is 1.94. The summed E-state index contributed by atoms with van der Waals surface area (Å²) in [6.45, 7) is 0. The van der Waals surface area contributed by atoms with Crippen LogP contribution in [0.25, 0.3) is 11.0 Å². The molecule has 6 nitrogen and oxygen atoms in total.